The minimum absolute atomic E-state index is 0.157. The van der Waals surface area contributed by atoms with E-state index in [0.29, 0.717) is 12.5 Å². The van der Waals surface area contributed by atoms with Gasteiger partial charge in [-0.05, 0) is 49.4 Å². The van der Waals surface area contributed by atoms with Crippen molar-refractivity contribution in [2.45, 2.75) is 19.4 Å². The average molecular weight is 388 g/mol. The summed E-state index contributed by atoms with van der Waals surface area (Å²) >= 11 is 1.91. The van der Waals surface area contributed by atoms with Crippen LogP contribution in [0.5, 0.6) is 0 Å². The van der Waals surface area contributed by atoms with Gasteiger partial charge in [-0.2, -0.15) is 0 Å². The van der Waals surface area contributed by atoms with Gasteiger partial charge in [-0.1, -0.05) is 18.2 Å². The molecule has 0 unspecified atom stereocenters. The van der Waals surface area contributed by atoms with Gasteiger partial charge < -0.3 is 10.1 Å². The number of piperidine rings is 1. The highest BCUT2D eigenvalue weighted by Gasteiger charge is 2.21. The van der Waals surface area contributed by atoms with Crippen molar-refractivity contribution in [3.05, 3.63) is 35.2 Å². The third-order valence-electron chi connectivity index (χ3n) is 5.62. The summed E-state index contributed by atoms with van der Waals surface area (Å²) in [6.45, 7) is 7.84. The van der Waals surface area contributed by atoms with Crippen molar-refractivity contribution in [2.24, 2.45) is 5.92 Å². The number of amides is 1. The van der Waals surface area contributed by atoms with Crippen LogP contribution in [0, 0.1) is 5.92 Å². The zero-order valence-electron chi connectivity index (χ0n) is 15.9. The summed E-state index contributed by atoms with van der Waals surface area (Å²) in [7, 11) is 0. The first-order chi connectivity index (χ1) is 13.3. The van der Waals surface area contributed by atoms with Gasteiger partial charge >= 0.3 is 0 Å². The Kier molecular flexibility index (Phi) is 6.39. The molecule has 27 heavy (non-hydrogen) atoms. The van der Waals surface area contributed by atoms with E-state index in [0.717, 1.165) is 52.5 Å². The van der Waals surface area contributed by atoms with Crippen LogP contribution < -0.4 is 5.32 Å². The number of benzene rings is 1. The van der Waals surface area contributed by atoms with Gasteiger partial charge in [0.05, 0.1) is 19.8 Å². The predicted octanol–water partition coefficient (Wildman–Crippen LogP) is 2.56. The molecule has 0 saturated carbocycles. The molecule has 2 aliphatic heterocycles. The maximum atomic E-state index is 12.1. The fourth-order valence-corrected chi connectivity index (χ4v) is 5.07. The number of morpholine rings is 1. The van der Waals surface area contributed by atoms with Gasteiger partial charge in [0.1, 0.15) is 0 Å². The number of rotatable bonds is 6. The van der Waals surface area contributed by atoms with Crippen LogP contribution in [0.25, 0.3) is 10.1 Å². The fraction of sp³-hybridized carbons (Fsp3) is 0.571. The minimum Gasteiger partial charge on any atom is -0.379 e. The lowest BCUT2D eigenvalue weighted by molar-refractivity contribution is -0.123. The average Bonchev–Trinajstić information content (AvgIpc) is 3.10. The molecular weight excluding hydrogens is 358 g/mol. The van der Waals surface area contributed by atoms with Crippen LogP contribution >= 0.6 is 11.3 Å². The lowest BCUT2D eigenvalue weighted by Crippen LogP contribution is -2.45. The van der Waals surface area contributed by atoms with E-state index < -0.39 is 0 Å². The third-order valence-corrected chi connectivity index (χ3v) is 6.72. The molecule has 5 nitrogen and oxygen atoms in total. The van der Waals surface area contributed by atoms with Crippen LogP contribution in [-0.4, -0.2) is 68.2 Å². The lowest BCUT2D eigenvalue weighted by atomic mass is 9.96. The summed E-state index contributed by atoms with van der Waals surface area (Å²) in [5, 5.41) is 4.50. The molecule has 1 aromatic heterocycles. The smallest absolute Gasteiger partial charge is 0.234 e. The molecule has 2 aromatic rings. The standard InChI is InChI=1S/C21H29N3O2S/c25-21(16-24-9-11-26-12-10-24)22-14-17-5-7-23(8-6-17)15-19-13-18-3-1-2-4-20(18)27-19/h1-4,13,17H,5-12,14-16H2,(H,22,25). The van der Waals surface area contributed by atoms with E-state index in [2.05, 4.69) is 45.4 Å². The van der Waals surface area contributed by atoms with Gasteiger partial charge in [-0.3, -0.25) is 14.6 Å². The Balaban J connectivity index is 1.17. The van der Waals surface area contributed by atoms with E-state index in [1.807, 2.05) is 11.3 Å². The number of ether oxygens (including phenoxy) is 1. The second-order valence-electron chi connectivity index (χ2n) is 7.66. The van der Waals surface area contributed by atoms with E-state index in [9.17, 15) is 4.79 Å². The first-order valence-electron chi connectivity index (χ1n) is 10.0. The SMILES string of the molecule is O=C(CN1CCOCC1)NCC1CCN(Cc2cc3ccccc3s2)CC1. The molecule has 1 N–H and O–H groups in total. The normalized spacial score (nSPS) is 20.1. The van der Waals surface area contributed by atoms with Crippen molar-refractivity contribution in [3.63, 3.8) is 0 Å². The number of hydrogen-bond acceptors (Lipinski definition) is 5. The molecule has 0 aliphatic carbocycles. The number of likely N-dealkylation sites (tertiary alicyclic amines) is 1. The number of hydrogen-bond donors (Lipinski definition) is 1. The van der Waals surface area contributed by atoms with Crippen LogP contribution in [0.4, 0.5) is 0 Å². The first-order valence-corrected chi connectivity index (χ1v) is 10.8. The van der Waals surface area contributed by atoms with Crippen LogP contribution in [0.3, 0.4) is 0 Å². The molecular formula is C21H29N3O2S. The fourth-order valence-electron chi connectivity index (χ4n) is 3.96. The number of nitrogens with one attached hydrogen (secondary N) is 1. The maximum Gasteiger partial charge on any atom is 0.234 e. The van der Waals surface area contributed by atoms with Crippen molar-refractivity contribution in [1.82, 2.24) is 15.1 Å². The summed E-state index contributed by atoms with van der Waals surface area (Å²) in [5.41, 5.74) is 0. The Morgan fingerprint density at radius 1 is 1.11 bits per heavy atom. The Bertz CT molecular complexity index is 716. The molecule has 2 aliphatic rings. The molecule has 0 atom stereocenters. The zero-order valence-corrected chi connectivity index (χ0v) is 16.7. The summed E-state index contributed by atoms with van der Waals surface area (Å²) < 4.78 is 6.71. The summed E-state index contributed by atoms with van der Waals surface area (Å²) in [5.74, 6) is 0.766. The monoisotopic (exact) mass is 387 g/mol. The second-order valence-corrected chi connectivity index (χ2v) is 8.83. The highest BCUT2D eigenvalue weighted by atomic mass is 32.1. The van der Waals surface area contributed by atoms with E-state index in [1.165, 1.54) is 27.8 Å². The van der Waals surface area contributed by atoms with Crippen molar-refractivity contribution in [3.8, 4) is 0 Å². The topological polar surface area (TPSA) is 44.8 Å². The van der Waals surface area contributed by atoms with Gasteiger partial charge in [0, 0.05) is 35.8 Å². The molecule has 1 aromatic carbocycles. The van der Waals surface area contributed by atoms with Crippen LogP contribution in [0.2, 0.25) is 0 Å². The van der Waals surface area contributed by atoms with Crippen molar-refractivity contribution in [2.75, 3.05) is 52.5 Å². The number of thiophene rings is 1. The van der Waals surface area contributed by atoms with Crippen LogP contribution in [-0.2, 0) is 16.1 Å². The molecule has 0 spiro atoms. The Hall–Kier alpha value is -1.47. The van der Waals surface area contributed by atoms with Gasteiger partial charge in [0.25, 0.3) is 0 Å². The van der Waals surface area contributed by atoms with E-state index >= 15 is 0 Å². The Labute approximate surface area is 165 Å². The van der Waals surface area contributed by atoms with Gasteiger partial charge in [0.2, 0.25) is 5.91 Å². The highest BCUT2D eigenvalue weighted by molar-refractivity contribution is 7.19. The third kappa shape index (κ3) is 5.29. The van der Waals surface area contributed by atoms with Crippen molar-refractivity contribution >= 4 is 27.3 Å². The van der Waals surface area contributed by atoms with Crippen molar-refractivity contribution in [1.29, 1.82) is 0 Å². The molecule has 4 rings (SSSR count). The molecule has 146 valence electrons. The quantitative estimate of drug-likeness (QED) is 0.827. The van der Waals surface area contributed by atoms with Crippen LogP contribution in [0.15, 0.2) is 30.3 Å². The van der Waals surface area contributed by atoms with Gasteiger partial charge in [-0.15, -0.1) is 11.3 Å². The van der Waals surface area contributed by atoms with Crippen molar-refractivity contribution < 1.29 is 9.53 Å². The number of fused-ring (bicyclic) bond motifs is 1. The summed E-state index contributed by atoms with van der Waals surface area (Å²) in [6.07, 6.45) is 2.34. The molecule has 0 bridgehead atoms. The van der Waals surface area contributed by atoms with Gasteiger partial charge in [0.15, 0.2) is 0 Å². The Morgan fingerprint density at radius 3 is 2.67 bits per heavy atom. The molecule has 3 heterocycles. The van der Waals surface area contributed by atoms with E-state index in [-0.39, 0.29) is 5.91 Å². The minimum atomic E-state index is 0.157. The predicted molar refractivity (Wildman–Crippen MR) is 110 cm³/mol. The molecule has 2 fully saturated rings. The Morgan fingerprint density at radius 2 is 1.89 bits per heavy atom. The highest BCUT2D eigenvalue weighted by Crippen LogP contribution is 2.27. The number of carbonyl (C=O) groups excluding carboxylic acids is 1. The molecule has 1 amide bonds. The largest absolute Gasteiger partial charge is 0.379 e. The van der Waals surface area contributed by atoms with Crippen LogP contribution in [0.1, 0.15) is 17.7 Å². The summed E-state index contributed by atoms with van der Waals surface area (Å²) in [4.78, 5) is 18.3. The molecule has 6 heteroatoms. The zero-order chi connectivity index (χ0) is 18.5. The van der Waals surface area contributed by atoms with Gasteiger partial charge in [-0.25, -0.2) is 0 Å². The maximum absolute atomic E-state index is 12.1. The number of carbonyl (C=O) groups is 1. The first kappa shape index (κ1) is 18.9. The summed E-state index contributed by atoms with van der Waals surface area (Å²) in [6, 6.07) is 11.0. The molecule has 2 saturated heterocycles. The van der Waals surface area contributed by atoms with E-state index in [1.54, 1.807) is 0 Å². The second kappa shape index (κ2) is 9.15. The lowest BCUT2D eigenvalue weighted by Gasteiger charge is -2.32. The number of nitrogens with zero attached hydrogens (tertiary/aromatic N) is 2. The van der Waals surface area contributed by atoms with E-state index in [4.69, 9.17) is 4.74 Å². The molecule has 0 radical (unpaired) electrons.